The fourth-order valence-electron chi connectivity index (χ4n) is 1.16. The molecule has 0 heterocycles. The van der Waals surface area contributed by atoms with Crippen molar-refractivity contribution in [3.63, 3.8) is 0 Å². The molecule has 0 aliphatic carbocycles. The Balaban J connectivity index is 4.79. The van der Waals surface area contributed by atoms with Gasteiger partial charge in [-0.2, -0.15) is 5.26 Å². The lowest BCUT2D eigenvalue weighted by atomic mass is 9.87. The lowest BCUT2D eigenvalue weighted by molar-refractivity contribution is -0.132. The van der Waals surface area contributed by atoms with Crippen LogP contribution in [0.2, 0.25) is 0 Å². The summed E-state index contributed by atoms with van der Waals surface area (Å²) in [5, 5.41) is 11.4. The molecule has 0 saturated carbocycles. The van der Waals surface area contributed by atoms with Crippen molar-refractivity contribution in [3.8, 4) is 6.07 Å². The third-order valence-electron chi connectivity index (χ3n) is 2.71. The van der Waals surface area contributed by atoms with E-state index in [0.717, 1.165) is 0 Å². The molecule has 2 unspecified atom stereocenters. The van der Waals surface area contributed by atoms with Gasteiger partial charge < -0.3 is 11.1 Å². The minimum Gasteiger partial charge on any atom is -0.368 e. The zero-order valence-electron chi connectivity index (χ0n) is 10.2. The van der Waals surface area contributed by atoms with Gasteiger partial charge >= 0.3 is 0 Å². The van der Waals surface area contributed by atoms with Gasteiger partial charge in [-0.25, -0.2) is 0 Å². The van der Waals surface area contributed by atoms with Crippen LogP contribution >= 0.6 is 0 Å². The van der Waals surface area contributed by atoms with Gasteiger partial charge in [0.15, 0.2) is 0 Å². The lowest BCUT2D eigenvalue weighted by Gasteiger charge is -2.24. The molecule has 0 aromatic rings. The number of primary amides is 1. The highest BCUT2D eigenvalue weighted by molar-refractivity contribution is 5.90. The highest BCUT2D eigenvalue weighted by Gasteiger charge is 2.34. The molecule has 0 aliphatic heterocycles. The standard InChI is InChI=1S/C11H19N3O2/c1-5-11(4,6-12)10(16)14-8(7(2)3)9(13)15/h7-8H,5H2,1-4H3,(H2,13,15)(H,14,16). The van der Waals surface area contributed by atoms with E-state index in [0.29, 0.717) is 6.42 Å². The van der Waals surface area contributed by atoms with Crippen LogP contribution in [0.15, 0.2) is 0 Å². The minimum absolute atomic E-state index is 0.0961. The zero-order chi connectivity index (χ0) is 12.9. The van der Waals surface area contributed by atoms with E-state index in [9.17, 15) is 9.59 Å². The highest BCUT2D eigenvalue weighted by atomic mass is 16.2. The average Bonchev–Trinajstić information content (AvgIpc) is 2.23. The zero-order valence-corrected chi connectivity index (χ0v) is 10.2. The number of amides is 2. The molecule has 3 N–H and O–H groups in total. The van der Waals surface area contributed by atoms with Crippen molar-refractivity contribution < 1.29 is 9.59 Å². The molecule has 0 bridgehead atoms. The maximum absolute atomic E-state index is 11.8. The summed E-state index contributed by atoms with van der Waals surface area (Å²) in [6, 6.07) is 1.22. The van der Waals surface area contributed by atoms with Crippen LogP contribution in [0.25, 0.3) is 0 Å². The Morgan fingerprint density at radius 3 is 2.25 bits per heavy atom. The van der Waals surface area contributed by atoms with Crippen LogP contribution in [-0.4, -0.2) is 17.9 Å². The molecule has 0 rings (SSSR count). The number of carbonyl (C=O) groups excluding carboxylic acids is 2. The molecule has 2 amide bonds. The monoisotopic (exact) mass is 225 g/mol. The first-order valence-corrected chi connectivity index (χ1v) is 5.30. The number of hydrogen-bond donors (Lipinski definition) is 2. The molecule has 0 saturated heterocycles. The second kappa shape index (κ2) is 5.50. The van der Waals surface area contributed by atoms with E-state index in [4.69, 9.17) is 11.0 Å². The smallest absolute Gasteiger partial charge is 0.240 e. The van der Waals surface area contributed by atoms with Crippen LogP contribution in [0.3, 0.4) is 0 Å². The van der Waals surface area contributed by atoms with Crippen LogP contribution in [0, 0.1) is 22.7 Å². The number of nitrogens with zero attached hydrogens (tertiary/aromatic N) is 1. The summed E-state index contributed by atoms with van der Waals surface area (Å²) in [7, 11) is 0. The number of rotatable bonds is 5. The Kier molecular flexibility index (Phi) is 4.96. The van der Waals surface area contributed by atoms with Crippen molar-refractivity contribution in [1.82, 2.24) is 5.32 Å². The Hall–Kier alpha value is -1.57. The summed E-state index contributed by atoms with van der Waals surface area (Å²) >= 11 is 0. The first-order chi connectivity index (χ1) is 7.28. The summed E-state index contributed by atoms with van der Waals surface area (Å²) in [4.78, 5) is 22.9. The van der Waals surface area contributed by atoms with E-state index in [-0.39, 0.29) is 5.92 Å². The maximum atomic E-state index is 11.8. The molecule has 5 heteroatoms. The predicted octanol–water partition coefficient (Wildman–Crippen LogP) is 0.552. The average molecular weight is 225 g/mol. The van der Waals surface area contributed by atoms with Crippen LogP contribution in [0.1, 0.15) is 34.1 Å². The van der Waals surface area contributed by atoms with Gasteiger partial charge in [-0.15, -0.1) is 0 Å². The second-order valence-electron chi connectivity index (χ2n) is 4.39. The maximum Gasteiger partial charge on any atom is 0.240 e. The molecule has 0 spiro atoms. The van der Waals surface area contributed by atoms with Gasteiger partial charge in [-0.3, -0.25) is 9.59 Å². The second-order valence-corrected chi connectivity index (χ2v) is 4.39. The Labute approximate surface area is 96.0 Å². The molecule has 0 aromatic carbocycles. The number of carbonyl (C=O) groups is 2. The topological polar surface area (TPSA) is 96.0 Å². The summed E-state index contributed by atoms with van der Waals surface area (Å²) in [5.74, 6) is -1.13. The molecular weight excluding hydrogens is 206 g/mol. The van der Waals surface area contributed by atoms with Gasteiger partial charge in [-0.1, -0.05) is 20.8 Å². The minimum atomic E-state index is -1.11. The third-order valence-corrected chi connectivity index (χ3v) is 2.71. The lowest BCUT2D eigenvalue weighted by Crippen LogP contribution is -2.51. The SMILES string of the molecule is CCC(C)(C#N)C(=O)NC(C(N)=O)C(C)C. The summed E-state index contributed by atoms with van der Waals surface area (Å²) < 4.78 is 0. The van der Waals surface area contributed by atoms with Crippen LogP contribution in [0.4, 0.5) is 0 Å². The third kappa shape index (κ3) is 3.23. The number of hydrogen-bond acceptors (Lipinski definition) is 3. The Morgan fingerprint density at radius 1 is 1.50 bits per heavy atom. The van der Waals surface area contributed by atoms with Gasteiger partial charge in [-0.05, 0) is 19.3 Å². The Morgan fingerprint density at radius 2 is 2.00 bits per heavy atom. The molecule has 0 aliphatic rings. The first-order valence-electron chi connectivity index (χ1n) is 5.30. The quantitative estimate of drug-likeness (QED) is 0.715. The van der Waals surface area contributed by atoms with Crippen LogP contribution in [-0.2, 0) is 9.59 Å². The molecule has 0 radical (unpaired) electrons. The van der Waals surface area contributed by atoms with Crippen molar-refractivity contribution in [3.05, 3.63) is 0 Å². The van der Waals surface area contributed by atoms with E-state index in [2.05, 4.69) is 5.32 Å². The summed E-state index contributed by atoms with van der Waals surface area (Å²) in [6.07, 6.45) is 0.388. The number of nitrogens with one attached hydrogen (secondary N) is 1. The van der Waals surface area contributed by atoms with E-state index in [1.54, 1.807) is 27.7 Å². The van der Waals surface area contributed by atoms with Gasteiger partial charge in [0.05, 0.1) is 6.07 Å². The molecule has 90 valence electrons. The fourth-order valence-corrected chi connectivity index (χ4v) is 1.16. The van der Waals surface area contributed by atoms with E-state index in [1.165, 1.54) is 0 Å². The largest absolute Gasteiger partial charge is 0.368 e. The summed E-state index contributed by atoms with van der Waals surface area (Å²) in [6.45, 7) is 6.86. The molecule has 16 heavy (non-hydrogen) atoms. The molecule has 0 aromatic heterocycles. The molecule has 0 fully saturated rings. The van der Waals surface area contributed by atoms with Crippen molar-refractivity contribution in [2.75, 3.05) is 0 Å². The number of nitrogens with two attached hydrogens (primary N) is 1. The number of nitriles is 1. The van der Waals surface area contributed by atoms with Crippen molar-refractivity contribution in [2.24, 2.45) is 17.1 Å². The first kappa shape index (κ1) is 14.4. The molecule has 5 nitrogen and oxygen atoms in total. The van der Waals surface area contributed by atoms with Gasteiger partial charge in [0.25, 0.3) is 0 Å². The van der Waals surface area contributed by atoms with Gasteiger partial charge in [0, 0.05) is 0 Å². The van der Waals surface area contributed by atoms with E-state index < -0.39 is 23.3 Å². The normalized spacial score (nSPS) is 16.0. The van der Waals surface area contributed by atoms with Crippen LogP contribution < -0.4 is 11.1 Å². The Bertz CT molecular complexity index is 320. The predicted molar refractivity (Wildman–Crippen MR) is 60.0 cm³/mol. The molecular formula is C11H19N3O2. The van der Waals surface area contributed by atoms with E-state index >= 15 is 0 Å². The van der Waals surface area contributed by atoms with Crippen molar-refractivity contribution in [2.45, 2.75) is 40.2 Å². The fraction of sp³-hybridized carbons (Fsp3) is 0.727. The molecule has 2 atom stereocenters. The van der Waals surface area contributed by atoms with Gasteiger partial charge in [0.1, 0.15) is 11.5 Å². The van der Waals surface area contributed by atoms with Crippen molar-refractivity contribution in [1.29, 1.82) is 5.26 Å². The highest BCUT2D eigenvalue weighted by Crippen LogP contribution is 2.20. The van der Waals surface area contributed by atoms with Crippen LogP contribution in [0.5, 0.6) is 0 Å². The van der Waals surface area contributed by atoms with E-state index in [1.807, 2.05) is 6.07 Å². The summed E-state index contributed by atoms with van der Waals surface area (Å²) in [5.41, 5.74) is 4.07. The van der Waals surface area contributed by atoms with Crippen molar-refractivity contribution >= 4 is 11.8 Å². The van der Waals surface area contributed by atoms with Gasteiger partial charge in [0.2, 0.25) is 11.8 Å².